The van der Waals surface area contributed by atoms with Gasteiger partial charge in [0.25, 0.3) is 0 Å². The maximum Gasteiger partial charge on any atom is 0.336 e. The third-order valence-electron chi connectivity index (χ3n) is 3.80. The number of aromatic carboxylic acids is 1. The molecule has 2 aromatic rings. The van der Waals surface area contributed by atoms with Crippen molar-refractivity contribution >= 4 is 16.9 Å². The second-order valence-electron chi connectivity index (χ2n) is 5.27. The summed E-state index contributed by atoms with van der Waals surface area (Å²) in [5, 5.41) is 19.6. The first-order valence-corrected chi connectivity index (χ1v) is 6.44. The molecule has 3 rings (SSSR count). The summed E-state index contributed by atoms with van der Waals surface area (Å²) >= 11 is 0. The van der Waals surface area contributed by atoms with Crippen LogP contribution in [0.15, 0.2) is 18.2 Å². The zero-order valence-corrected chi connectivity index (χ0v) is 10.7. The normalized spacial score (nSPS) is 18.3. The zero-order chi connectivity index (χ0) is 13.6. The fraction of sp³-hybridized carbons (Fsp3) is 0.333. The van der Waals surface area contributed by atoms with E-state index >= 15 is 0 Å². The summed E-state index contributed by atoms with van der Waals surface area (Å²) in [6, 6.07) is 4.71. The maximum atomic E-state index is 11.6. The molecule has 1 aromatic carbocycles. The molecule has 0 radical (unpaired) electrons. The number of pyridine rings is 1. The lowest BCUT2D eigenvalue weighted by molar-refractivity contribution is 0.0697. The minimum atomic E-state index is -0.941. The van der Waals surface area contributed by atoms with Gasteiger partial charge in [0.1, 0.15) is 5.75 Å². The zero-order valence-electron chi connectivity index (χ0n) is 10.7. The second-order valence-corrected chi connectivity index (χ2v) is 5.27. The van der Waals surface area contributed by atoms with E-state index < -0.39 is 5.97 Å². The van der Waals surface area contributed by atoms with Crippen LogP contribution in [0.4, 0.5) is 0 Å². The first kappa shape index (κ1) is 12.0. The average Bonchev–Trinajstić information content (AvgIpc) is 2.35. The predicted molar refractivity (Wildman–Crippen MR) is 71.6 cm³/mol. The van der Waals surface area contributed by atoms with Crippen molar-refractivity contribution in [2.24, 2.45) is 5.92 Å². The summed E-state index contributed by atoms with van der Waals surface area (Å²) in [6.45, 7) is 2.13. The second kappa shape index (κ2) is 4.23. The van der Waals surface area contributed by atoms with E-state index in [1.54, 1.807) is 12.1 Å². The summed E-state index contributed by atoms with van der Waals surface area (Å²) in [6.07, 6.45) is 2.62. The van der Waals surface area contributed by atoms with Gasteiger partial charge < -0.3 is 10.2 Å². The number of rotatable bonds is 1. The molecule has 0 fully saturated rings. The van der Waals surface area contributed by atoms with Gasteiger partial charge in [-0.1, -0.05) is 6.92 Å². The molecule has 0 amide bonds. The van der Waals surface area contributed by atoms with Crippen molar-refractivity contribution in [3.05, 3.63) is 35.0 Å². The number of carboxylic acid groups (broad SMARTS) is 1. The molecule has 1 unspecified atom stereocenters. The van der Waals surface area contributed by atoms with Gasteiger partial charge in [0.15, 0.2) is 0 Å². The van der Waals surface area contributed by atoms with E-state index in [0.717, 1.165) is 30.5 Å². The van der Waals surface area contributed by atoms with E-state index in [2.05, 4.69) is 11.9 Å². The van der Waals surface area contributed by atoms with Crippen molar-refractivity contribution < 1.29 is 15.0 Å². The van der Waals surface area contributed by atoms with E-state index in [1.165, 1.54) is 6.07 Å². The molecule has 19 heavy (non-hydrogen) atoms. The predicted octanol–water partition coefficient (Wildman–Crippen LogP) is 2.76. The van der Waals surface area contributed by atoms with Gasteiger partial charge >= 0.3 is 5.97 Å². The standard InChI is InChI=1S/C15H15NO3/c1-8-2-4-12-10(6-8)14(15(18)19)11-7-9(17)3-5-13(11)16-12/h3,5,7-8,17H,2,4,6H2,1H3,(H,18,19). The molecule has 0 saturated carbocycles. The molecular weight excluding hydrogens is 242 g/mol. The van der Waals surface area contributed by atoms with Gasteiger partial charge in [0.05, 0.1) is 11.1 Å². The SMILES string of the molecule is CC1CCc2nc3ccc(O)cc3c(C(=O)O)c2C1. The fourth-order valence-corrected chi connectivity index (χ4v) is 2.85. The molecule has 4 nitrogen and oxygen atoms in total. The Morgan fingerprint density at radius 2 is 2.21 bits per heavy atom. The van der Waals surface area contributed by atoms with Crippen molar-refractivity contribution in [3.63, 3.8) is 0 Å². The number of hydrogen-bond acceptors (Lipinski definition) is 3. The molecular formula is C15H15NO3. The highest BCUT2D eigenvalue weighted by molar-refractivity contribution is 6.04. The highest BCUT2D eigenvalue weighted by atomic mass is 16.4. The van der Waals surface area contributed by atoms with Crippen LogP contribution in [-0.2, 0) is 12.8 Å². The van der Waals surface area contributed by atoms with E-state index in [9.17, 15) is 15.0 Å². The van der Waals surface area contributed by atoms with Crippen LogP contribution in [0.2, 0.25) is 0 Å². The molecule has 0 aliphatic heterocycles. The van der Waals surface area contributed by atoms with Gasteiger partial charge in [-0.15, -0.1) is 0 Å². The van der Waals surface area contributed by atoms with Crippen LogP contribution < -0.4 is 0 Å². The average molecular weight is 257 g/mol. The molecule has 4 heteroatoms. The van der Waals surface area contributed by atoms with Crippen molar-refractivity contribution in [1.29, 1.82) is 0 Å². The fourth-order valence-electron chi connectivity index (χ4n) is 2.85. The minimum absolute atomic E-state index is 0.0700. The van der Waals surface area contributed by atoms with Gasteiger partial charge in [0.2, 0.25) is 0 Å². The largest absolute Gasteiger partial charge is 0.508 e. The topological polar surface area (TPSA) is 70.4 Å². The van der Waals surface area contributed by atoms with E-state index in [-0.39, 0.29) is 5.75 Å². The molecule has 0 saturated heterocycles. The number of phenolic OH excluding ortho intramolecular Hbond substituents is 1. The van der Waals surface area contributed by atoms with Crippen molar-refractivity contribution in [3.8, 4) is 5.75 Å². The molecule has 1 aliphatic carbocycles. The monoisotopic (exact) mass is 257 g/mol. The lowest BCUT2D eigenvalue weighted by Gasteiger charge is -2.23. The number of hydrogen-bond donors (Lipinski definition) is 2. The number of fused-ring (bicyclic) bond motifs is 2. The summed E-state index contributed by atoms with van der Waals surface area (Å²) in [5.41, 5.74) is 2.68. The minimum Gasteiger partial charge on any atom is -0.508 e. The molecule has 0 spiro atoms. The summed E-state index contributed by atoms with van der Waals surface area (Å²) in [5.74, 6) is -0.397. The number of nitrogens with zero attached hydrogens (tertiary/aromatic N) is 1. The Labute approximate surface area is 110 Å². The Bertz CT molecular complexity index is 679. The number of aromatic hydroxyl groups is 1. The number of carbonyl (C=O) groups is 1. The molecule has 1 aromatic heterocycles. The van der Waals surface area contributed by atoms with Crippen LogP contribution >= 0.6 is 0 Å². The first-order chi connectivity index (χ1) is 9.06. The Morgan fingerprint density at radius 3 is 2.95 bits per heavy atom. The summed E-state index contributed by atoms with van der Waals surface area (Å²) in [7, 11) is 0. The Balaban J connectivity index is 2.37. The number of aromatic nitrogens is 1. The van der Waals surface area contributed by atoms with Crippen LogP contribution in [0.5, 0.6) is 5.75 Å². The molecule has 2 N–H and O–H groups in total. The van der Waals surface area contributed by atoms with Gasteiger partial charge in [-0.25, -0.2) is 4.79 Å². The van der Waals surface area contributed by atoms with Gasteiger partial charge in [0, 0.05) is 11.1 Å². The van der Waals surface area contributed by atoms with Crippen molar-refractivity contribution in [2.45, 2.75) is 26.2 Å². The van der Waals surface area contributed by atoms with Gasteiger partial charge in [-0.05, 0) is 48.9 Å². The molecule has 1 heterocycles. The highest BCUT2D eigenvalue weighted by Crippen LogP contribution is 2.32. The van der Waals surface area contributed by atoms with E-state index in [4.69, 9.17) is 0 Å². The third-order valence-corrected chi connectivity index (χ3v) is 3.80. The van der Waals surface area contributed by atoms with Crippen LogP contribution in [0.1, 0.15) is 35.0 Å². The first-order valence-electron chi connectivity index (χ1n) is 6.44. The summed E-state index contributed by atoms with van der Waals surface area (Å²) < 4.78 is 0. The Kier molecular flexibility index (Phi) is 2.66. The van der Waals surface area contributed by atoms with Crippen molar-refractivity contribution in [2.75, 3.05) is 0 Å². The lowest BCUT2D eigenvalue weighted by atomic mass is 9.84. The number of aryl methyl sites for hydroxylation is 1. The van der Waals surface area contributed by atoms with Crippen LogP contribution in [0.3, 0.4) is 0 Å². The highest BCUT2D eigenvalue weighted by Gasteiger charge is 2.25. The number of carboxylic acids is 1. The summed E-state index contributed by atoms with van der Waals surface area (Å²) in [4.78, 5) is 16.2. The maximum absolute atomic E-state index is 11.6. The van der Waals surface area contributed by atoms with E-state index in [0.29, 0.717) is 22.4 Å². The third kappa shape index (κ3) is 1.93. The van der Waals surface area contributed by atoms with Gasteiger partial charge in [-0.2, -0.15) is 0 Å². The molecule has 98 valence electrons. The molecule has 1 atom stereocenters. The smallest absolute Gasteiger partial charge is 0.336 e. The van der Waals surface area contributed by atoms with Gasteiger partial charge in [-0.3, -0.25) is 4.98 Å². The molecule has 1 aliphatic rings. The van der Waals surface area contributed by atoms with E-state index in [1.807, 2.05) is 0 Å². The van der Waals surface area contributed by atoms with Crippen LogP contribution in [0.25, 0.3) is 10.9 Å². The van der Waals surface area contributed by atoms with Crippen LogP contribution in [0, 0.1) is 5.92 Å². The van der Waals surface area contributed by atoms with Crippen molar-refractivity contribution in [1.82, 2.24) is 4.98 Å². The quantitative estimate of drug-likeness (QED) is 0.824. The Hall–Kier alpha value is -2.10. The lowest BCUT2D eigenvalue weighted by Crippen LogP contribution is -2.18. The van der Waals surface area contributed by atoms with Crippen LogP contribution in [-0.4, -0.2) is 21.2 Å². The molecule has 0 bridgehead atoms. The Morgan fingerprint density at radius 1 is 1.42 bits per heavy atom. The number of phenols is 1. The number of benzene rings is 1.